The molecule has 0 bridgehead atoms. The van der Waals surface area contributed by atoms with E-state index < -0.39 is 17.5 Å². The fraction of sp³-hybridized carbons (Fsp3) is 0.455. The van der Waals surface area contributed by atoms with Crippen molar-refractivity contribution < 1.29 is 13.2 Å². The number of hydrogen-bond donors (Lipinski definition) is 1. The molecule has 2 rings (SSSR count). The molecule has 1 aromatic carbocycles. The van der Waals surface area contributed by atoms with Crippen LogP contribution in [0.4, 0.5) is 13.2 Å². The number of piperidine rings is 1. The lowest BCUT2D eigenvalue weighted by Crippen LogP contribution is -2.27. The second kappa shape index (κ2) is 4.23. The largest absolute Gasteiger partial charge is 0.317 e. The Morgan fingerprint density at radius 2 is 1.60 bits per heavy atom. The number of hydrogen-bond acceptors (Lipinski definition) is 1. The van der Waals surface area contributed by atoms with Crippen molar-refractivity contribution in [3.05, 3.63) is 35.1 Å². The summed E-state index contributed by atoms with van der Waals surface area (Å²) in [4.78, 5) is 0. The quantitative estimate of drug-likeness (QED) is 0.710. The minimum absolute atomic E-state index is 0.0866. The van der Waals surface area contributed by atoms with Gasteiger partial charge in [0.2, 0.25) is 0 Å². The van der Waals surface area contributed by atoms with Crippen LogP contribution in [-0.4, -0.2) is 13.1 Å². The monoisotopic (exact) mass is 215 g/mol. The molecular weight excluding hydrogens is 203 g/mol. The lowest BCUT2D eigenvalue weighted by Gasteiger charge is -2.23. The van der Waals surface area contributed by atoms with Gasteiger partial charge in [-0.1, -0.05) is 0 Å². The summed E-state index contributed by atoms with van der Waals surface area (Å²) in [5.74, 6) is -2.84. The first kappa shape index (κ1) is 10.5. The van der Waals surface area contributed by atoms with Gasteiger partial charge in [0, 0.05) is 5.56 Å². The number of nitrogens with one attached hydrogen (secondary N) is 1. The van der Waals surface area contributed by atoms with E-state index in [0.717, 1.165) is 25.2 Å². The van der Waals surface area contributed by atoms with Crippen molar-refractivity contribution in [3.8, 4) is 0 Å². The van der Waals surface area contributed by atoms with Gasteiger partial charge in [-0.2, -0.15) is 0 Å². The van der Waals surface area contributed by atoms with Gasteiger partial charge in [0.1, 0.15) is 5.82 Å². The Balaban J connectivity index is 2.36. The van der Waals surface area contributed by atoms with Gasteiger partial charge in [-0.3, -0.25) is 0 Å². The van der Waals surface area contributed by atoms with Crippen LogP contribution in [0.2, 0.25) is 0 Å². The van der Waals surface area contributed by atoms with Crippen molar-refractivity contribution in [2.24, 2.45) is 0 Å². The molecule has 1 heterocycles. The Morgan fingerprint density at radius 3 is 2.27 bits per heavy atom. The fourth-order valence-corrected chi connectivity index (χ4v) is 2.03. The minimum atomic E-state index is -1.03. The zero-order chi connectivity index (χ0) is 10.8. The summed E-state index contributed by atoms with van der Waals surface area (Å²) in [7, 11) is 0. The highest BCUT2D eigenvalue weighted by Crippen LogP contribution is 2.30. The van der Waals surface area contributed by atoms with Crippen LogP contribution in [0, 0.1) is 17.5 Å². The van der Waals surface area contributed by atoms with Gasteiger partial charge < -0.3 is 5.32 Å². The Labute approximate surface area is 86.3 Å². The third kappa shape index (κ3) is 2.00. The number of rotatable bonds is 1. The molecule has 0 aromatic heterocycles. The van der Waals surface area contributed by atoms with E-state index in [1.54, 1.807) is 0 Å². The van der Waals surface area contributed by atoms with E-state index in [0.29, 0.717) is 12.8 Å². The average molecular weight is 215 g/mol. The van der Waals surface area contributed by atoms with E-state index in [2.05, 4.69) is 5.32 Å². The molecule has 0 amide bonds. The lowest BCUT2D eigenvalue weighted by atomic mass is 9.89. The van der Waals surface area contributed by atoms with Crippen LogP contribution in [0.5, 0.6) is 0 Å². The molecule has 1 nitrogen and oxygen atoms in total. The van der Waals surface area contributed by atoms with E-state index in [9.17, 15) is 13.2 Å². The lowest BCUT2D eigenvalue weighted by molar-refractivity contribution is 0.410. The van der Waals surface area contributed by atoms with Gasteiger partial charge in [0.05, 0.1) is 0 Å². The van der Waals surface area contributed by atoms with Gasteiger partial charge in [0.15, 0.2) is 11.6 Å². The number of halogens is 3. The first-order valence-electron chi connectivity index (χ1n) is 5.04. The fourth-order valence-electron chi connectivity index (χ4n) is 2.03. The molecule has 0 atom stereocenters. The van der Waals surface area contributed by atoms with E-state index >= 15 is 0 Å². The summed E-state index contributed by atoms with van der Waals surface area (Å²) in [6.07, 6.45) is 1.30. The Kier molecular flexibility index (Phi) is 2.95. The highest BCUT2D eigenvalue weighted by molar-refractivity contribution is 5.25. The first-order valence-corrected chi connectivity index (χ1v) is 5.04. The van der Waals surface area contributed by atoms with E-state index in [1.165, 1.54) is 0 Å². The van der Waals surface area contributed by atoms with E-state index in [-0.39, 0.29) is 11.5 Å². The van der Waals surface area contributed by atoms with Crippen LogP contribution in [0.15, 0.2) is 12.1 Å². The SMILES string of the molecule is Fc1ccc(F)c(C2CCNCC2)c1F. The summed E-state index contributed by atoms with van der Waals surface area (Å²) in [6.45, 7) is 1.44. The van der Waals surface area contributed by atoms with Crippen molar-refractivity contribution in [1.82, 2.24) is 5.32 Å². The highest BCUT2D eigenvalue weighted by atomic mass is 19.2. The Hall–Kier alpha value is -1.03. The van der Waals surface area contributed by atoms with Gasteiger partial charge >= 0.3 is 0 Å². The molecule has 1 saturated heterocycles. The number of benzene rings is 1. The summed E-state index contributed by atoms with van der Waals surface area (Å²) < 4.78 is 39.8. The zero-order valence-corrected chi connectivity index (χ0v) is 8.19. The first-order chi connectivity index (χ1) is 7.20. The molecule has 0 spiro atoms. The van der Waals surface area contributed by atoms with Crippen molar-refractivity contribution in [1.29, 1.82) is 0 Å². The van der Waals surface area contributed by atoms with Crippen LogP contribution in [0.3, 0.4) is 0 Å². The molecule has 0 unspecified atom stereocenters. The molecule has 0 saturated carbocycles. The molecule has 15 heavy (non-hydrogen) atoms. The molecule has 1 aliphatic rings. The van der Waals surface area contributed by atoms with Gasteiger partial charge in [0.25, 0.3) is 0 Å². The molecule has 1 N–H and O–H groups in total. The second-order valence-electron chi connectivity index (χ2n) is 3.78. The summed E-state index contributed by atoms with van der Waals surface area (Å²) in [5.41, 5.74) is -0.0866. The molecule has 0 radical (unpaired) electrons. The summed E-state index contributed by atoms with van der Waals surface area (Å²) >= 11 is 0. The van der Waals surface area contributed by atoms with Crippen LogP contribution < -0.4 is 5.32 Å². The molecule has 4 heteroatoms. The van der Waals surface area contributed by atoms with Crippen LogP contribution in [-0.2, 0) is 0 Å². The Bertz CT molecular complexity index is 359. The van der Waals surface area contributed by atoms with E-state index in [1.807, 2.05) is 0 Å². The maximum absolute atomic E-state index is 13.4. The van der Waals surface area contributed by atoms with Gasteiger partial charge in [-0.15, -0.1) is 0 Å². The third-order valence-corrected chi connectivity index (χ3v) is 2.83. The van der Waals surface area contributed by atoms with Crippen LogP contribution in [0.25, 0.3) is 0 Å². The summed E-state index contributed by atoms with van der Waals surface area (Å²) in [6, 6.07) is 1.82. The second-order valence-corrected chi connectivity index (χ2v) is 3.78. The van der Waals surface area contributed by atoms with Crippen LogP contribution >= 0.6 is 0 Å². The van der Waals surface area contributed by atoms with Crippen molar-refractivity contribution in [2.75, 3.05) is 13.1 Å². The van der Waals surface area contributed by atoms with E-state index in [4.69, 9.17) is 0 Å². The molecule has 82 valence electrons. The summed E-state index contributed by atoms with van der Waals surface area (Å²) in [5, 5.41) is 3.10. The molecule has 0 aliphatic carbocycles. The van der Waals surface area contributed by atoms with Crippen molar-refractivity contribution in [3.63, 3.8) is 0 Å². The van der Waals surface area contributed by atoms with Crippen LogP contribution in [0.1, 0.15) is 24.3 Å². The van der Waals surface area contributed by atoms with Gasteiger partial charge in [-0.25, -0.2) is 13.2 Å². The molecule has 1 aromatic rings. The zero-order valence-electron chi connectivity index (χ0n) is 8.19. The average Bonchev–Trinajstić information content (AvgIpc) is 2.26. The predicted octanol–water partition coefficient (Wildman–Crippen LogP) is 2.57. The molecular formula is C11H12F3N. The Morgan fingerprint density at radius 1 is 1.00 bits per heavy atom. The third-order valence-electron chi connectivity index (χ3n) is 2.83. The predicted molar refractivity (Wildman–Crippen MR) is 51.2 cm³/mol. The maximum Gasteiger partial charge on any atom is 0.165 e. The maximum atomic E-state index is 13.4. The van der Waals surface area contributed by atoms with Gasteiger partial charge in [-0.05, 0) is 44.0 Å². The normalized spacial score (nSPS) is 18.1. The standard InChI is InChI=1S/C11H12F3N/c12-8-1-2-9(13)11(14)10(8)7-3-5-15-6-4-7/h1-2,7,15H,3-6H2. The minimum Gasteiger partial charge on any atom is -0.317 e. The van der Waals surface area contributed by atoms with Crippen molar-refractivity contribution in [2.45, 2.75) is 18.8 Å². The van der Waals surface area contributed by atoms with Crippen molar-refractivity contribution >= 4 is 0 Å². The molecule has 1 fully saturated rings. The topological polar surface area (TPSA) is 12.0 Å². The molecule has 1 aliphatic heterocycles. The highest BCUT2D eigenvalue weighted by Gasteiger charge is 2.24. The smallest absolute Gasteiger partial charge is 0.165 e.